The summed E-state index contributed by atoms with van der Waals surface area (Å²) in [5.74, 6) is -0.175. The summed E-state index contributed by atoms with van der Waals surface area (Å²) in [4.78, 5) is 13.3. The van der Waals surface area contributed by atoms with E-state index in [0.29, 0.717) is 5.69 Å². The minimum absolute atomic E-state index is 0.101. The van der Waals surface area contributed by atoms with Crippen molar-refractivity contribution < 1.29 is 15.0 Å². The molecule has 0 aliphatic carbocycles. The van der Waals surface area contributed by atoms with Gasteiger partial charge in [0, 0.05) is 26.3 Å². The van der Waals surface area contributed by atoms with Gasteiger partial charge < -0.3 is 19.7 Å². The third-order valence-electron chi connectivity index (χ3n) is 2.19. The Morgan fingerprint density at radius 2 is 2.00 bits per heavy atom. The molecule has 1 rings (SSSR count). The van der Waals surface area contributed by atoms with Crippen LogP contribution in [0.4, 0.5) is 0 Å². The highest BCUT2D eigenvalue weighted by molar-refractivity contribution is 5.92. The number of aryl methyl sites for hydroxylation is 1. The van der Waals surface area contributed by atoms with E-state index < -0.39 is 0 Å². The first kappa shape index (κ1) is 11.7. The van der Waals surface area contributed by atoms with E-state index in [2.05, 4.69) is 0 Å². The van der Waals surface area contributed by atoms with Crippen LogP contribution in [0.5, 0.6) is 0 Å². The molecule has 0 bridgehead atoms. The van der Waals surface area contributed by atoms with Gasteiger partial charge in [-0.2, -0.15) is 0 Å². The minimum Gasteiger partial charge on any atom is -0.395 e. The molecular weight excluding hydrogens is 196 g/mol. The van der Waals surface area contributed by atoms with Gasteiger partial charge in [-0.25, -0.2) is 0 Å². The van der Waals surface area contributed by atoms with E-state index in [9.17, 15) is 4.79 Å². The molecule has 5 nitrogen and oxygen atoms in total. The Morgan fingerprint density at radius 1 is 1.40 bits per heavy atom. The van der Waals surface area contributed by atoms with Gasteiger partial charge in [0.2, 0.25) is 0 Å². The second kappa shape index (κ2) is 5.53. The fraction of sp³-hybridized carbons (Fsp3) is 0.500. The predicted octanol–water partition coefficient (Wildman–Crippen LogP) is -0.548. The second-order valence-corrected chi connectivity index (χ2v) is 3.24. The van der Waals surface area contributed by atoms with Crippen molar-refractivity contribution in [2.45, 2.75) is 0 Å². The molecule has 0 aliphatic rings. The lowest BCUT2D eigenvalue weighted by atomic mass is 10.3. The number of aliphatic hydroxyl groups is 2. The zero-order valence-corrected chi connectivity index (χ0v) is 8.76. The third-order valence-corrected chi connectivity index (χ3v) is 2.19. The van der Waals surface area contributed by atoms with Crippen molar-refractivity contribution in [2.75, 3.05) is 26.3 Å². The molecule has 0 radical (unpaired) electrons. The highest BCUT2D eigenvalue weighted by Gasteiger charge is 2.16. The lowest BCUT2D eigenvalue weighted by Gasteiger charge is -2.20. The molecule has 0 saturated carbocycles. The van der Waals surface area contributed by atoms with Crippen LogP contribution in [0.1, 0.15) is 10.5 Å². The maximum Gasteiger partial charge on any atom is 0.270 e. The molecule has 1 heterocycles. The highest BCUT2D eigenvalue weighted by Crippen LogP contribution is 2.04. The normalized spacial score (nSPS) is 10.3. The van der Waals surface area contributed by atoms with E-state index in [0.717, 1.165) is 0 Å². The van der Waals surface area contributed by atoms with Crippen LogP contribution in [0.25, 0.3) is 0 Å². The summed E-state index contributed by atoms with van der Waals surface area (Å²) in [7, 11) is 1.78. The molecule has 0 aliphatic heterocycles. The Kier molecular flexibility index (Phi) is 4.33. The Balaban J connectivity index is 2.76. The smallest absolute Gasteiger partial charge is 0.270 e. The molecule has 1 aromatic heterocycles. The SMILES string of the molecule is Cn1cccc1C(=O)N(CCO)CCO. The highest BCUT2D eigenvalue weighted by atomic mass is 16.3. The van der Waals surface area contributed by atoms with Crippen LogP contribution in [0.15, 0.2) is 18.3 Å². The Bertz CT molecular complexity index is 316. The molecule has 0 fully saturated rings. The molecule has 0 unspecified atom stereocenters. The van der Waals surface area contributed by atoms with Crippen molar-refractivity contribution in [3.63, 3.8) is 0 Å². The van der Waals surface area contributed by atoms with Crippen LogP contribution in [0.2, 0.25) is 0 Å². The second-order valence-electron chi connectivity index (χ2n) is 3.24. The van der Waals surface area contributed by atoms with Crippen molar-refractivity contribution in [1.29, 1.82) is 0 Å². The number of amides is 1. The first-order chi connectivity index (χ1) is 7.20. The van der Waals surface area contributed by atoms with Gasteiger partial charge in [-0.1, -0.05) is 0 Å². The Labute approximate surface area is 88.6 Å². The average Bonchev–Trinajstić information content (AvgIpc) is 2.63. The van der Waals surface area contributed by atoms with Crippen LogP contribution in [0.3, 0.4) is 0 Å². The first-order valence-corrected chi connectivity index (χ1v) is 4.83. The van der Waals surface area contributed by atoms with E-state index >= 15 is 0 Å². The fourth-order valence-electron chi connectivity index (χ4n) is 1.40. The number of carbonyl (C=O) groups is 1. The van der Waals surface area contributed by atoms with Crippen molar-refractivity contribution in [2.24, 2.45) is 7.05 Å². The summed E-state index contributed by atoms with van der Waals surface area (Å²) in [6, 6.07) is 3.49. The molecule has 2 N–H and O–H groups in total. The predicted molar refractivity (Wildman–Crippen MR) is 55.5 cm³/mol. The van der Waals surface area contributed by atoms with Gasteiger partial charge in [-0.05, 0) is 12.1 Å². The van der Waals surface area contributed by atoms with E-state index in [1.54, 1.807) is 29.9 Å². The lowest BCUT2D eigenvalue weighted by Crippen LogP contribution is -2.36. The number of rotatable bonds is 5. The number of nitrogens with zero attached hydrogens (tertiary/aromatic N) is 2. The van der Waals surface area contributed by atoms with Crippen molar-refractivity contribution in [3.05, 3.63) is 24.0 Å². The summed E-state index contributed by atoms with van der Waals surface area (Å²) < 4.78 is 1.71. The topological polar surface area (TPSA) is 65.7 Å². The number of aliphatic hydroxyl groups excluding tert-OH is 2. The lowest BCUT2D eigenvalue weighted by molar-refractivity contribution is 0.0675. The molecule has 15 heavy (non-hydrogen) atoms. The monoisotopic (exact) mass is 212 g/mol. The maximum atomic E-state index is 11.9. The van der Waals surface area contributed by atoms with Crippen molar-refractivity contribution >= 4 is 5.91 Å². The van der Waals surface area contributed by atoms with Gasteiger partial charge in [0.25, 0.3) is 5.91 Å². The Hall–Kier alpha value is -1.33. The Morgan fingerprint density at radius 3 is 2.40 bits per heavy atom. The van der Waals surface area contributed by atoms with Crippen molar-refractivity contribution in [3.8, 4) is 0 Å². The average molecular weight is 212 g/mol. The van der Waals surface area contributed by atoms with Crippen LogP contribution < -0.4 is 0 Å². The largest absolute Gasteiger partial charge is 0.395 e. The molecule has 0 saturated heterocycles. The first-order valence-electron chi connectivity index (χ1n) is 4.83. The number of hydrogen-bond acceptors (Lipinski definition) is 3. The van der Waals surface area contributed by atoms with E-state index in [-0.39, 0.29) is 32.2 Å². The van der Waals surface area contributed by atoms with Gasteiger partial charge in [-0.15, -0.1) is 0 Å². The minimum atomic E-state index is -0.175. The van der Waals surface area contributed by atoms with Gasteiger partial charge in [0.05, 0.1) is 13.2 Å². The van der Waals surface area contributed by atoms with Crippen molar-refractivity contribution in [1.82, 2.24) is 9.47 Å². The summed E-state index contributed by atoms with van der Waals surface area (Å²) in [5, 5.41) is 17.6. The number of aromatic nitrogens is 1. The maximum absolute atomic E-state index is 11.9. The van der Waals surface area contributed by atoms with E-state index in [1.165, 1.54) is 4.90 Å². The zero-order valence-electron chi connectivity index (χ0n) is 8.76. The molecule has 1 amide bonds. The quantitative estimate of drug-likeness (QED) is 0.688. The molecule has 0 aromatic carbocycles. The van der Waals surface area contributed by atoms with Crippen LogP contribution in [-0.2, 0) is 7.05 Å². The summed E-state index contributed by atoms with van der Waals surface area (Å²) in [6.45, 7) is 0.279. The van der Waals surface area contributed by atoms with E-state index in [1.807, 2.05) is 0 Å². The van der Waals surface area contributed by atoms with Crippen LogP contribution in [0, 0.1) is 0 Å². The summed E-state index contributed by atoms with van der Waals surface area (Å²) in [5.41, 5.74) is 0.553. The number of carbonyl (C=O) groups excluding carboxylic acids is 1. The summed E-state index contributed by atoms with van der Waals surface area (Å²) >= 11 is 0. The summed E-state index contributed by atoms with van der Waals surface area (Å²) in [6.07, 6.45) is 1.78. The van der Waals surface area contributed by atoms with Gasteiger partial charge in [-0.3, -0.25) is 4.79 Å². The van der Waals surface area contributed by atoms with E-state index in [4.69, 9.17) is 10.2 Å². The number of hydrogen-bond donors (Lipinski definition) is 2. The molecular formula is C10H16N2O3. The van der Waals surface area contributed by atoms with Gasteiger partial charge in [0.1, 0.15) is 5.69 Å². The standard InChI is InChI=1S/C10H16N2O3/c1-11-4-2-3-9(11)10(15)12(5-7-13)6-8-14/h2-4,13-14H,5-8H2,1H3. The molecule has 84 valence electrons. The molecule has 0 atom stereocenters. The van der Waals surface area contributed by atoms with Crippen LogP contribution in [-0.4, -0.2) is 51.9 Å². The van der Waals surface area contributed by atoms with Gasteiger partial charge >= 0.3 is 0 Å². The van der Waals surface area contributed by atoms with Gasteiger partial charge in [0.15, 0.2) is 0 Å². The molecule has 1 aromatic rings. The molecule has 0 spiro atoms. The third kappa shape index (κ3) is 2.81. The zero-order chi connectivity index (χ0) is 11.3. The fourth-order valence-corrected chi connectivity index (χ4v) is 1.40. The molecule has 5 heteroatoms. The van der Waals surface area contributed by atoms with Crippen LogP contribution >= 0.6 is 0 Å².